The Balaban J connectivity index is 1.90. The molecule has 0 N–H and O–H groups in total. The Morgan fingerprint density at radius 3 is 2.67 bits per heavy atom. The van der Waals surface area contributed by atoms with E-state index in [9.17, 15) is 0 Å². The maximum Gasteiger partial charge on any atom is 0.0437 e. The third-order valence-electron chi connectivity index (χ3n) is 4.63. The number of benzene rings is 1. The molecule has 80 valence electrons. The first-order valence-corrected chi connectivity index (χ1v) is 6.11. The molecule has 0 unspecified atom stereocenters. The van der Waals surface area contributed by atoms with Crippen LogP contribution in [0.3, 0.4) is 0 Å². The molecule has 2 fully saturated rings. The van der Waals surface area contributed by atoms with Gasteiger partial charge in [-0.05, 0) is 37.3 Å². The fourth-order valence-corrected chi connectivity index (χ4v) is 3.80. The van der Waals surface area contributed by atoms with Crippen LogP contribution in [-0.4, -0.2) is 12.1 Å². The van der Waals surface area contributed by atoms with Crippen molar-refractivity contribution in [3.63, 3.8) is 0 Å². The van der Waals surface area contributed by atoms with Gasteiger partial charge in [0.15, 0.2) is 0 Å². The van der Waals surface area contributed by atoms with Crippen LogP contribution in [0.25, 0.3) is 0 Å². The fourth-order valence-electron chi connectivity index (χ4n) is 3.80. The van der Waals surface area contributed by atoms with Gasteiger partial charge in [0.2, 0.25) is 0 Å². The lowest BCUT2D eigenvalue weighted by molar-refractivity contribution is 0.566. The Morgan fingerprint density at radius 1 is 1.33 bits per heavy atom. The summed E-state index contributed by atoms with van der Waals surface area (Å²) >= 11 is 0. The molecule has 15 heavy (non-hydrogen) atoms. The standard InChI is InChI=1S/C14H19N/c1-3-12-13-9-10-15(14(12,13)2)11-7-5-4-6-8-11/h4-8,12-13H,3,9-10H2,1-2H3/t12-,13-,14+/m0/s1. The summed E-state index contributed by atoms with van der Waals surface area (Å²) in [5.41, 5.74) is 1.90. The van der Waals surface area contributed by atoms with Crippen molar-refractivity contribution >= 4 is 5.69 Å². The monoisotopic (exact) mass is 201 g/mol. The van der Waals surface area contributed by atoms with Gasteiger partial charge in [-0.15, -0.1) is 0 Å². The van der Waals surface area contributed by atoms with Crippen molar-refractivity contribution in [3.05, 3.63) is 30.3 Å². The summed E-state index contributed by atoms with van der Waals surface area (Å²) in [5.74, 6) is 1.90. The largest absolute Gasteiger partial charge is 0.366 e. The molecule has 1 heteroatoms. The van der Waals surface area contributed by atoms with E-state index in [1.165, 1.54) is 25.1 Å². The second-order valence-electron chi connectivity index (χ2n) is 5.12. The predicted molar refractivity (Wildman–Crippen MR) is 64.1 cm³/mol. The van der Waals surface area contributed by atoms with Crippen molar-refractivity contribution in [2.45, 2.75) is 32.2 Å². The van der Waals surface area contributed by atoms with E-state index in [1.54, 1.807) is 0 Å². The number of rotatable bonds is 2. The lowest BCUT2D eigenvalue weighted by atomic mass is 10.1. The van der Waals surface area contributed by atoms with E-state index in [0.29, 0.717) is 5.54 Å². The number of para-hydroxylation sites is 1. The van der Waals surface area contributed by atoms with Crippen molar-refractivity contribution in [1.82, 2.24) is 0 Å². The molecule has 0 aromatic heterocycles. The Labute approximate surface area is 92.1 Å². The summed E-state index contributed by atoms with van der Waals surface area (Å²) in [6, 6.07) is 10.9. The molecule has 0 spiro atoms. The Hall–Kier alpha value is -0.980. The van der Waals surface area contributed by atoms with E-state index in [0.717, 1.165) is 11.8 Å². The summed E-state index contributed by atoms with van der Waals surface area (Å²) in [5, 5.41) is 0. The third-order valence-corrected chi connectivity index (χ3v) is 4.63. The number of piperidine rings is 1. The van der Waals surface area contributed by atoms with E-state index < -0.39 is 0 Å². The SMILES string of the molecule is CC[C@H]1[C@@H]2CCN(c3ccccc3)[C@]12C. The molecule has 1 aliphatic carbocycles. The predicted octanol–water partition coefficient (Wildman–Crippen LogP) is 3.31. The minimum Gasteiger partial charge on any atom is -0.366 e. The summed E-state index contributed by atoms with van der Waals surface area (Å²) < 4.78 is 0. The van der Waals surface area contributed by atoms with Crippen molar-refractivity contribution in [3.8, 4) is 0 Å². The number of nitrogens with zero attached hydrogens (tertiary/aromatic N) is 1. The van der Waals surface area contributed by atoms with Crippen molar-refractivity contribution in [2.75, 3.05) is 11.4 Å². The van der Waals surface area contributed by atoms with Gasteiger partial charge >= 0.3 is 0 Å². The fraction of sp³-hybridized carbons (Fsp3) is 0.571. The zero-order valence-electron chi connectivity index (χ0n) is 9.61. The second-order valence-corrected chi connectivity index (χ2v) is 5.12. The van der Waals surface area contributed by atoms with Gasteiger partial charge in [0.05, 0.1) is 0 Å². The molecule has 1 aliphatic heterocycles. The molecular weight excluding hydrogens is 182 g/mol. The molecule has 1 aromatic carbocycles. The minimum atomic E-state index is 0.482. The highest BCUT2D eigenvalue weighted by atomic mass is 15.3. The van der Waals surface area contributed by atoms with Crippen LogP contribution in [0.2, 0.25) is 0 Å². The van der Waals surface area contributed by atoms with E-state index in [4.69, 9.17) is 0 Å². The first kappa shape index (κ1) is 9.26. The van der Waals surface area contributed by atoms with Gasteiger partial charge in [-0.1, -0.05) is 31.5 Å². The van der Waals surface area contributed by atoms with Gasteiger partial charge in [-0.3, -0.25) is 0 Å². The number of anilines is 1. The molecule has 1 nitrogen and oxygen atoms in total. The molecule has 3 rings (SSSR count). The lowest BCUT2D eigenvalue weighted by Gasteiger charge is -2.29. The third kappa shape index (κ3) is 1.09. The molecule has 1 saturated carbocycles. The second kappa shape index (κ2) is 3.01. The zero-order chi connectivity index (χ0) is 10.5. The van der Waals surface area contributed by atoms with Crippen LogP contribution in [-0.2, 0) is 0 Å². The highest BCUT2D eigenvalue weighted by Gasteiger charge is 2.66. The van der Waals surface area contributed by atoms with Gasteiger partial charge in [0.1, 0.15) is 0 Å². The first-order valence-electron chi connectivity index (χ1n) is 6.11. The Morgan fingerprint density at radius 2 is 2.07 bits per heavy atom. The quantitative estimate of drug-likeness (QED) is 0.709. The maximum atomic E-state index is 2.63. The van der Waals surface area contributed by atoms with Gasteiger partial charge < -0.3 is 4.90 Å². The maximum absolute atomic E-state index is 2.63. The van der Waals surface area contributed by atoms with E-state index >= 15 is 0 Å². The van der Waals surface area contributed by atoms with Crippen LogP contribution in [0.4, 0.5) is 5.69 Å². The lowest BCUT2D eigenvalue weighted by Crippen LogP contribution is -2.34. The first-order chi connectivity index (χ1) is 7.28. The normalized spacial score (nSPS) is 37.9. The van der Waals surface area contributed by atoms with Gasteiger partial charge in [-0.25, -0.2) is 0 Å². The molecule has 3 atom stereocenters. The molecule has 1 heterocycles. The molecule has 1 aromatic rings. The van der Waals surface area contributed by atoms with Crippen LogP contribution in [0.1, 0.15) is 26.7 Å². The van der Waals surface area contributed by atoms with Gasteiger partial charge in [0.25, 0.3) is 0 Å². The highest BCUT2D eigenvalue weighted by molar-refractivity contribution is 5.54. The molecule has 0 amide bonds. The summed E-state index contributed by atoms with van der Waals surface area (Å²) in [4.78, 5) is 2.63. The Kier molecular flexibility index (Phi) is 1.86. The molecule has 0 radical (unpaired) electrons. The molecule has 0 bridgehead atoms. The zero-order valence-corrected chi connectivity index (χ0v) is 9.61. The van der Waals surface area contributed by atoms with Crippen molar-refractivity contribution in [1.29, 1.82) is 0 Å². The molecular formula is C14H19N. The number of hydrogen-bond donors (Lipinski definition) is 0. The van der Waals surface area contributed by atoms with Crippen LogP contribution in [0, 0.1) is 11.8 Å². The van der Waals surface area contributed by atoms with Crippen molar-refractivity contribution in [2.24, 2.45) is 11.8 Å². The van der Waals surface area contributed by atoms with Gasteiger partial charge in [0, 0.05) is 17.8 Å². The topological polar surface area (TPSA) is 3.24 Å². The van der Waals surface area contributed by atoms with Crippen LogP contribution < -0.4 is 4.90 Å². The van der Waals surface area contributed by atoms with Crippen LogP contribution >= 0.6 is 0 Å². The average Bonchev–Trinajstić information content (AvgIpc) is 2.70. The minimum absolute atomic E-state index is 0.482. The van der Waals surface area contributed by atoms with Crippen LogP contribution in [0.15, 0.2) is 30.3 Å². The smallest absolute Gasteiger partial charge is 0.0437 e. The highest BCUT2D eigenvalue weighted by Crippen LogP contribution is 2.62. The van der Waals surface area contributed by atoms with E-state index in [1.807, 2.05) is 0 Å². The Bertz CT molecular complexity index is 353. The molecule has 1 saturated heterocycles. The number of hydrogen-bond acceptors (Lipinski definition) is 1. The number of fused-ring (bicyclic) bond motifs is 1. The summed E-state index contributed by atoms with van der Waals surface area (Å²) in [6.07, 6.45) is 2.73. The van der Waals surface area contributed by atoms with Gasteiger partial charge in [-0.2, -0.15) is 0 Å². The van der Waals surface area contributed by atoms with E-state index in [-0.39, 0.29) is 0 Å². The van der Waals surface area contributed by atoms with E-state index in [2.05, 4.69) is 49.1 Å². The summed E-state index contributed by atoms with van der Waals surface area (Å²) in [6.45, 7) is 6.03. The summed E-state index contributed by atoms with van der Waals surface area (Å²) in [7, 11) is 0. The van der Waals surface area contributed by atoms with Crippen LogP contribution in [0.5, 0.6) is 0 Å². The average molecular weight is 201 g/mol. The molecule has 2 aliphatic rings. The van der Waals surface area contributed by atoms with Crippen molar-refractivity contribution < 1.29 is 0 Å².